The number of unbranched alkanes of at least 4 members (excludes halogenated alkanes) is 4. The van der Waals surface area contributed by atoms with Crippen molar-refractivity contribution < 1.29 is 8.42 Å². The summed E-state index contributed by atoms with van der Waals surface area (Å²) in [6.07, 6.45) is 10.3. The topological polar surface area (TPSA) is 37.4 Å². The molecule has 0 saturated carbocycles. The van der Waals surface area contributed by atoms with E-state index in [0.717, 1.165) is 25.7 Å². The first kappa shape index (κ1) is 23.8. The molecule has 0 aromatic heterocycles. The molecule has 2 aromatic rings. The van der Waals surface area contributed by atoms with E-state index in [4.69, 9.17) is 0 Å². The maximum absolute atomic E-state index is 11.8. The number of nitrogens with zero attached hydrogens (tertiary/aromatic N) is 1. The first-order chi connectivity index (χ1) is 15.0. The van der Waals surface area contributed by atoms with Gasteiger partial charge in [0, 0.05) is 18.8 Å². The molecule has 1 fully saturated rings. The Balaban J connectivity index is 1.38. The predicted molar refractivity (Wildman–Crippen MR) is 134 cm³/mol. The Hall–Kier alpha value is -1.81. The first-order valence-electron chi connectivity index (χ1n) is 12.1. The molecule has 170 valence electrons. The summed E-state index contributed by atoms with van der Waals surface area (Å²) in [4.78, 5) is 2.50. The Kier molecular flexibility index (Phi) is 9.01. The highest BCUT2D eigenvalue weighted by Gasteiger charge is 2.14. The zero-order chi connectivity index (χ0) is 22.1. The molecule has 0 bridgehead atoms. The number of piperidine rings is 1. The fraction of sp³-hybridized carbons (Fsp3) is 0.556. The van der Waals surface area contributed by atoms with Gasteiger partial charge in [-0.2, -0.15) is 0 Å². The Morgan fingerprint density at radius 3 is 1.90 bits per heavy atom. The molecule has 1 aliphatic heterocycles. The van der Waals surface area contributed by atoms with E-state index in [9.17, 15) is 8.42 Å². The fourth-order valence-electron chi connectivity index (χ4n) is 4.28. The summed E-state index contributed by atoms with van der Waals surface area (Å²) in [7, 11) is -2.87. The minimum Gasteiger partial charge on any atom is -0.372 e. The molecular formula is C27H39NO2S. The van der Waals surface area contributed by atoms with Gasteiger partial charge in [-0.3, -0.25) is 0 Å². The molecule has 0 atom stereocenters. The van der Waals surface area contributed by atoms with Crippen molar-refractivity contribution in [2.75, 3.05) is 23.7 Å². The molecule has 0 spiro atoms. The maximum atomic E-state index is 11.8. The second-order valence-corrected chi connectivity index (χ2v) is 11.9. The van der Waals surface area contributed by atoms with E-state index in [2.05, 4.69) is 53.4 Å². The van der Waals surface area contributed by atoms with Crippen molar-refractivity contribution in [1.82, 2.24) is 0 Å². The van der Waals surface area contributed by atoms with Gasteiger partial charge in [-0.15, -0.1) is 0 Å². The highest BCUT2D eigenvalue weighted by molar-refractivity contribution is 7.91. The van der Waals surface area contributed by atoms with Crippen molar-refractivity contribution >= 4 is 15.5 Å². The summed E-state index contributed by atoms with van der Waals surface area (Å²) < 4.78 is 23.6. The summed E-state index contributed by atoms with van der Waals surface area (Å²) in [6, 6.07) is 18.0. The van der Waals surface area contributed by atoms with Crippen LogP contribution < -0.4 is 4.90 Å². The Morgan fingerprint density at radius 1 is 0.742 bits per heavy atom. The molecular weight excluding hydrogens is 402 g/mol. The van der Waals surface area contributed by atoms with E-state index in [1.807, 2.05) is 0 Å². The third kappa shape index (κ3) is 7.38. The third-order valence-corrected chi connectivity index (χ3v) is 8.78. The molecule has 3 nitrogen and oxygen atoms in total. The molecule has 31 heavy (non-hydrogen) atoms. The number of hydrogen-bond donors (Lipinski definition) is 0. The summed E-state index contributed by atoms with van der Waals surface area (Å²) >= 11 is 0. The standard InChI is InChI=1S/C27H39NO2S/c1-23(2)31(29,30)22-10-5-3-4-7-11-24-12-14-25(15-13-24)26-16-18-27(19-17-26)28-20-8-6-9-21-28/h12-19,23H,3-11,20-22H2,1-2H3. The van der Waals surface area contributed by atoms with Gasteiger partial charge in [0.1, 0.15) is 0 Å². The number of benzene rings is 2. The van der Waals surface area contributed by atoms with Crippen LogP contribution in [0, 0.1) is 0 Å². The monoisotopic (exact) mass is 441 g/mol. The molecule has 0 amide bonds. The Bertz CT molecular complexity index is 880. The van der Waals surface area contributed by atoms with Gasteiger partial charge < -0.3 is 4.90 Å². The quantitative estimate of drug-likeness (QED) is 0.366. The van der Waals surface area contributed by atoms with Crippen LogP contribution in [0.3, 0.4) is 0 Å². The molecule has 4 heteroatoms. The second-order valence-electron chi connectivity index (χ2n) is 9.23. The first-order valence-corrected chi connectivity index (χ1v) is 13.8. The zero-order valence-corrected chi connectivity index (χ0v) is 20.2. The SMILES string of the molecule is CC(C)S(=O)(=O)CCCCCCCc1ccc(-c2ccc(N3CCCCC3)cc2)cc1. The smallest absolute Gasteiger partial charge is 0.152 e. The van der Waals surface area contributed by atoms with Crippen LogP contribution in [0.4, 0.5) is 5.69 Å². The molecule has 2 aromatic carbocycles. The van der Waals surface area contributed by atoms with E-state index < -0.39 is 9.84 Å². The fourth-order valence-corrected chi connectivity index (χ4v) is 5.36. The average molecular weight is 442 g/mol. The van der Waals surface area contributed by atoms with Crippen LogP contribution in [0.2, 0.25) is 0 Å². The van der Waals surface area contributed by atoms with Crippen molar-refractivity contribution in [3.63, 3.8) is 0 Å². The van der Waals surface area contributed by atoms with Crippen LogP contribution in [-0.4, -0.2) is 32.5 Å². The van der Waals surface area contributed by atoms with Gasteiger partial charge in [0.05, 0.1) is 11.0 Å². The number of hydrogen-bond acceptors (Lipinski definition) is 3. The normalized spacial score (nSPS) is 14.9. The molecule has 1 saturated heterocycles. The van der Waals surface area contributed by atoms with Gasteiger partial charge in [-0.1, -0.05) is 55.7 Å². The van der Waals surface area contributed by atoms with Gasteiger partial charge in [0.2, 0.25) is 0 Å². The van der Waals surface area contributed by atoms with Gasteiger partial charge in [-0.05, 0) is 81.2 Å². The van der Waals surface area contributed by atoms with Crippen LogP contribution in [0.25, 0.3) is 11.1 Å². The summed E-state index contributed by atoms with van der Waals surface area (Å²) in [5.74, 6) is 0.338. The zero-order valence-electron chi connectivity index (χ0n) is 19.4. The van der Waals surface area contributed by atoms with Crippen LogP contribution in [0.5, 0.6) is 0 Å². The molecule has 1 heterocycles. The maximum Gasteiger partial charge on any atom is 0.152 e. The van der Waals surface area contributed by atoms with Crippen LogP contribution in [0.1, 0.15) is 70.8 Å². The number of sulfone groups is 1. The van der Waals surface area contributed by atoms with Gasteiger partial charge >= 0.3 is 0 Å². The van der Waals surface area contributed by atoms with Crippen molar-refractivity contribution in [3.05, 3.63) is 54.1 Å². The van der Waals surface area contributed by atoms with E-state index >= 15 is 0 Å². The van der Waals surface area contributed by atoms with Crippen molar-refractivity contribution in [1.29, 1.82) is 0 Å². The van der Waals surface area contributed by atoms with E-state index in [-0.39, 0.29) is 5.25 Å². The Morgan fingerprint density at radius 2 is 1.29 bits per heavy atom. The minimum absolute atomic E-state index is 0.247. The highest BCUT2D eigenvalue weighted by atomic mass is 32.2. The molecule has 3 rings (SSSR count). The molecule has 0 aliphatic carbocycles. The second kappa shape index (κ2) is 11.7. The van der Waals surface area contributed by atoms with E-state index in [1.165, 1.54) is 67.6 Å². The van der Waals surface area contributed by atoms with Gasteiger partial charge in [-0.25, -0.2) is 8.42 Å². The van der Waals surface area contributed by atoms with Crippen molar-refractivity contribution in [2.45, 2.75) is 76.9 Å². The molecule has 0 unspecified atom stereocenters. The largest absolute Gasteiger partial charge is 0.372 e. The molecule has 1 aliphatic rings. The lowest BCUT2D eigenvalue weighted by Gasteiger charge is -2.28. The molecule has 0 radical (unpaired) electrons. The Labute approximate surface area is 189 Å². The lowest BCUT2D eigenvalue weighted by Crippen LogP contribution is -2.29. The summed E-state index contributed by atoms with van der Waals surface area (Å²) in [5, 5.41) is -0.247. The average Bonchev–Trinajstić information content (AvgIpc) is 2.79. The third-order valence-electron chi connectivity index (χ3n) is 6.49. The van der Waals surface area contributed by atoms with Gasteiger partial charge in [0.25, 0.3) is 0 Å². The van der Waals surface area contributed by atoms with Crippen molar-refractivity contribution in [2.24, 2.45) is 0 Å². The predicted octanol–water partition coefficient (Wildman–Crippen LogP) is 6.66. The summed E-state index contributed by atoms with van der Waals surface area (Å²) in [6.45, 7) is 5.91. The lowest BCUT2D eigenvalue weighted by molar-refractivity contribution is 0.577. The van der Waals surface area contributed by atoms with Crippen LogP contribution in [0.15, 0.2) is 48.5 Å². The number of rotatable bonds is 11. The van der Waals surface area contributed by atoms with Crippen LogP contribution in [-0.2, 0) is 16.3 Å². The van der Waals surface area contributed by atoms with Crippen LogP contribution >= 0.6 is 0 Å². The molecule has 0 N–H and O–H groups in total. The minimum atomic E-state index is -2.87. The van der Waals surface area contributed by atoms with E-state index in [1.54, 1.807) is 13.8 Å². The number of aryl methyl sites for hydroxylation is 1. The lowest BCUT2D eigenvalue weighted by atomic mass is 10.0. The van der Waals surface area contributed by atoms with Gasteiger partial charge in [0.15, 0.2) is 9.84 Å². The van der Waals surface area contributed by atoms with Crippen molar-refractivity contribution in [3.8, 4) is 11.1 Å². The number of anilines is 1. The van der Waals surface area contributed by atoms with E-state index in [0.29, 0.717) is 5.75 Å². The summed E-state index contributed by atoms with van der Waals surface area (Å²) in [5.41, 5.74) is 5.29. The highest BCUT2D eigenvalue weighted by Crippen LogP contribution is 2.25.